The topological polar surface area (TPSA) is 37.8 Å². The maximum atomic E-state index is 5.92. The Kier molecular flexibility index (Phi) is 4.55. The van der Waals surface area contributed by atoms with Crippen LogP contribution in [0.25, 0.3) is 11.4 Å². The molecule has 18 heavy (non-hydrogen) atoms. The van der Waals surface area contributed by atoms with Gasteiger partial charge in [0.15, 0.2) is 5.82 Å². The molecule has 0 bridgehead atoms. The molecule has 3 nitrogen and oxygen atoms in total. The third-order valence-electron chi connectivity index (χ3n) is 2.38. The lowest BCUT2D eigenvalue weighted by molar-refractivity contribution is 0.966. The Hall–Kier alpha value is -1.13. The van der Waals surface area contributed by atoms with Gasteiger partial charge in [0.25, 0.3) is 0 Å². The molecule has 2 rings (SSSR count). The largest absolute Gasteiger partial charge is 0.370 e. The van der Waals surface area contributed by atoms with Crippen LogP contribution in [0.4, 0.5) is 5.82 Å². The van der Waals surface area contributed by atoms with Crippen molar-refractivity contribution in [2.24, 2.45) is 0 Å². The molecule has 1 aromatic carbocycles. The quantitative estimate of drug-likeness (QED) is 0.906. The van der Waals surface area contributed by atoms with Gasteiger partial charge in [-0.05, 0) is 46.6 Å². The Morgan fingerprint density at radius 2 is 2.17 bits per heavy atom. The first-order chi connectivity index (χ1) is 8.70. The number of halogens is 2. The van der Waals surface area contributed by atoms with Crippen LogP contribution >= 0.6 is 27.5 Å². The van der Waals surface area contributed by atoms with E-state index in [2.05, 4.69) is 38.1 Å². The van der Waals surface area contributed by atoms with E-state index in [1.165, 1.54) is 0 Å². The van der Waals surface area contributed by atoms with Crippen LogP contribution in [0.15, 0.2) is 34.9 Å². The zero-order valence-corrected chi connectivity index (χ0v) is 12.3. The van der Waals surface area contributed by atoms with Crippen LogP contribution in [0, 0.1) is 0 Å². The lowest BCUT2D eigenvalue weighted by atomic mass is 10.2. The van der Waals surface area contributed by atoms with E-state index < -0.39 is 0 Å². The number of nitrogens with one attached hydrogen (secondary N) is 1. The number of nitrogens with zero attached hydrogens (tertiary/aromatic N) is 2. The van der Waals surface area contributed by atoms with Crippen LogP contribution in [-0.2, 0) is 0 Å². The molecule has 0 aliphatic rings. The molecule has 0 saturated heterocycles. The molecule has 0 aliphatic carbocycles. The molecule has 1 aromatic heterocycles. The summed E-state index contributed by atoms with van der Waals surface area (Å²) in [7, 11) is 0. The maximum absolute atomic E-state index is 5.92. The van der Waals surface area contributed by atoms with Gasteiger partial charge < -0.3 is 5.32 Å². The van der Waals surface area contributed by atoms with E-state index in [1.54, 1.807) is 6.20 Å². The van der Waals surface area contributed by atoms with E-state index in [4.69, 9.17) is 11.6 Å². The zero-order chi connectivity index (χ0) is 13.0. The molecule has 1 N–H and O–H groups in total. The van der Waals surface area contributed by atoms with E-state index in [-0.39, 0.29) is 0 Å². The number of hydrogen-bond acceptors (Lipinski definition) is 3. The van der Waals surface area contributed by atoms with Gasteiger partial charge in [0.05, 0.1) is 0 Å². The van der Waals surface area contributed by atoms with Crippen molar-refractivity contribution in [3.8, 4) is 11.4 Å². The second-order valence-electron chi connectivity index (χ2n) is 3.82. The average molecular weight is 327 g/mol. The van der Waals surface area contributed by atoms with Gasteiger partial charge in [-0.3, -0.25) is 0 Å². The van der Waals surface area contributed by atoms with E-state index >= 15 is 0 Å². The minimum absolute atomic E-state index is 0.680. The summed E-state index contributed by atoms with van der Waals surface area (Å²) >= 11 is 9.40. The van der Waals surface area contributed by atoms with Crippen LogP contribution < -0.4 is 5.32 Å². The predicted octanol–water partition coefficient (Wildman–Crippen LogP) is 4.38. The van der Waals surface area contributed by atoms with Gasteiger partial charge in [-0.15, -0.1) is 0 Å². The Balaban J connectivity index is 2.32. The van der Waals surface area contributed by atoms with Crippen LogP contribution in [-0.4, -0.2) is 16.5 Å². The van der Waals surface area contributed by atoms with Gasteiger partial charge in [-0.25, -0.2) is 9.97 Å². The summed E-state index contributed by atoms with van der Waals surface area (Å²) in [4.78, 5) is 8.76. The van der Waals surface area contributed by atoms with E-state index in [1.807, 2.05) is 24.3 Å². The SMILES string of the molecule is CCCNc1ccnc(-c2ccc(Cl)cc2Br)n1. The van der Waals surface area contributed by atoms with Gasteiger partial charge in [-0.1, -0.05) is 18.5 Å². The molecule has 94 valence electrons. The van der Waals surface area contributed by atoms with Crippen molar-refractivity contribution >= 4 is 33.3 Å². The Labute approximate surface area is 120 Å². The fourth-order valence-corrected chi connectivity index (χ4v) is 2.37. The minimum Gasteiger partial charge on any atom is -0.370 e. The summed E-state index contributed by atoms with van der Waals surface area (Å²) in [5.41, 5.74) is 0.930. The monoisotopic (exact) mass is 325 g/mol. The maximum Gasteiger partial charge on any atom is 0.162 e. The molecular weight excluding hydrogens is 314 g/mol. The van der Waals surface area contributed by atoms with Gasteiger partial charge in [-0.2, -0.15) is 0 Å². The predicted molar refractivity (Wildman–Crippen MR) is 79.0 cm³/mol. The van der Waals surface area contributed by atoms with E-state index in [9.17, 15) is 0 Å². The van der Waals surface area contributed by atoms with Crippen molar-refractivity contribution in [1.29, 1.82) is 0 Å². The summed E-state index contributed by atoms with van der Waals surface area (Å²) < 4.78 is 0.891. The molecular formula is C13H13BrClN3. The number of aromatic nitrogens is 2. The lowest BCUT2D eigenvalue weighted by Gasteiger charge is -2.07. The van der Waals surface area contributed by atoms with Gasteiger partial charge in [0.2, 0.25) is 0 Å². The van der Waals surface area contributed by atoms with Crippen LogP contribution in [0.2, 0.25) is 5.02 Å². The molecule has 0 aliphatic heterocycles. The van der Waals surface area contributed by atoms with Gasteiger partial charge in [0.1, 0.15) is 5.82 Å². The first-order valence-corrected chi connectivity index (χ1v) is 6.90. The molecule has 5 heteroatoms. The fraction of sp³-hybridized carbons (Fsp3) is 0.231. The molecule has 0 radical (unpaired) electrons. The number of rotatable bonds is 4. The fourth-order valence-electron chi connectivity index (χ4n) is 1.51. The smallest absolute Gasteiger partial charge is 0.162 e. The van der Waals surface area contributed by atoms with Gasteiger partial charge >= 0.3 is 0 Å². The van der Waals surface area contributed by atoms with Crippen molar-refractivity contribution in [2.75, 3.05) is 11.9 Å². The van der Waals surface area contributed by atoms with Crippen molar-refractivity contribution in [1.82, 2.24) is 9.97 Å². The lowest BCUT2D eigenvalue weighted by Crippen LogP contribution is -2.03. The molecule has 0 fully saturated rings. The second kappa shape index (κ2) is 6.16. The summed E-state index contributed by atoms with van der Waals surface area (Å²) in [5, 5.41) is 3.93. The highest BCUT2D eigenvalue weighted by molar-refractivity contribution is 9.10. The third kappa shape index (κ3) is 3.21. The summed E-state index contributed by atoms with van der Waals surface area (Å²) in [6.45, 7) is 3.02. The number of hydrogen-bond donors (Lipinski definition) is 1. The van der Waals surface area contributed by atoms with E-state index in [0.29, 0.717) is 10.8 Å². The normalized spacial score (nSPS) is 10.4. The van der Waals surface area contributed by atoms with E-state index in [0.717, 1.165) is 28.8 Å². The van der Waals surface area contributed by atoms with Gasteiger partial charge in [0, 0.05) is 27.8 Å². The Morgan fingerprint density at radius 3 is 2.89 bits per heavy atom. The molecule has 2 aromatic rings. The molecule has 1 heterocycles. The van der Waals surface area contributed by atoms with Crippen molar-refractivity contribution < 1.29 is 0 Å². The minimum atomic E-state index is 0.680. The summed E-state index contributed by atoms with van der Waals surface area (Å²) in [5.74, 6) is 1.52. The highest BCUT2D eigenvalue weighted by Crippen LogP contribution is 2.28. The Bertz CT molecular complexity index is 546. The van der Waals surface area contributed by atoms with Crippen LogP contribution in [0.3, 0.4) is 0 Å². The molecule has 0 unspecified atom stereocenters. The molecule has 0 saturated carbocycles. The average Bonchev–Trinajstić information content (AvgIpc) is 2.36. The first-order valence-electron chi connectivity index (χ1n) is 5.73. The number of anilines is 1. The van der Waals surface area contributed by atoms with Crippen LogP contribution in [0.1, 0.15) is 13.3 Å². The molecule has 0 spiro atoms. The summed E-state index contributed by atoms with van der Waals surface area (Å²) in [6, 6.07) is 7.44. The number of benzene rings is 1. The molecule has 0 atom stereocenters. The second-order valence-corrected chi connectivity index (χ2v) is 5.11. The van der Waals surface area contributed by atoms with Crippen molar-refractivity contribution in [3.05, 3.63) is 40.0 Å². The standard InChI is InChI=1S/C13H13BrClN3/c1-2-6-16-12-5-7-17-13(18-12)10-4-3-9(15)8-11(10)14/h3-5,7-8H,2,6H2,1H3,(H,16,17,18). The van der Waals surface area contributed by atoms with Crippen molar-refractivity contribution in [3.63, 3.8) is 0 Å². The first kappa shape index (κ1) is 13.3. The summed E-state index contributed by atoms with van der Waals surface area (Å²) in [6.07, 6.45) is 2.81. The highest BCUT2D eigenvalue weighted by Gasteiger charge is 2.07. The third-order valence-corrected chi connectivity index (χ3v) is 3.27. The Morgan fingerprint density at radius 1 is 1.33 bits per heavy atom. The van der Waals surface area contributed by atoms with Crippen LogP contribution in [0.5, 0.6) is 0 Å². The molecule has 0 amide bonds. The zero-order valence-electron chi connectivity index (χ0n) is 9.95. The highest BCUT2D eigenvalue weighted by atomic mass is 79.9. The van der Waals surface area contributed by atoms with Crippen molar-refractivity contribution in [2.45, 2.75) is 13.3 Å².